The number of likely N-dealkylation sites (N-methyl/N-ethyl adjacent to an activating group) is 1. The smallest absolute Gasteiger partial charge is 0.119 e. The maximum atomic E-state index is 5.83. The Bertz CT molecular complexity index is 556. The molecule has 0 aliphatic rings. The molecule has 5 heteroatoms. The van der Waals surface area contributed by atoms with E-state index in [-0.39, 0.29) is 0 Å². The van der Waals surface area contributed by atoms with Gasteiger partial charge in [0.25, 0.3) is 0 Å². The van der Waals surface area contributed by atoms with Crippen molar-refractivity contribution in [3.05, 3.63) is 45.9 Å². The maximum Gasteiger partial charge on any atom is 0.119 e. The van der Waals surface area contributed by atoms with Crippen LogP contribution in [0.25, 0.3) is 0 Å². The molecule has 4 nitrogen and oxygen atoms in total. The van der Waals surface area contributed by atoms with Crippen molar-refractivity contribution in [3.8, 4) is 5.75 Å². The fourth-order valence-corrected chi connectivity index (χ4v) is 2.93. The zero-order valence-electron chi connectivity index (χ0n) is 12.9. The van der Waals surface area contributed by atoms with Gasteiger partial charge < -0.3 is 10.1 Å². The van der Waals surface area contributed by atoms with Crippen molar-refractivity contribution in [3.63, 3.8) is 0 Å². The van der Waals surface area contributed by atoms with E-state index in [9.17, 15) is 0 Å². The normalized spacial score (nSPS) is 11.0. The second-order valence-electron chi connectivity index (χ2n) is 5.12. The Kier molecular flexibility index (Phi) is 6.17. The molecule has 2 rings (SSSR count). The van der Waals surface area contributed by atoms with E-state index in [0.717, 1.165) is 31.1 Å². The zero-order chi connectivity index (χ0) is 15.1. The van der Waals surface area contributed by atoms with Crippen LogP contribution in [0.15, 0.2) is 29.8 Å². The van der Waals surface area contributed by atoms with E-state index >= 15 is 0 Å². The number of hydrogen-bond acceptors (Lipinski definition) is 5. The largest absolute Gasteiger partial charge is 0.492 e. The molecule has 0 spiro atoms. The fraction of sp³-hybridized carbons (Fsp3) is 0.438. The van der Waals surface area contributed by atoms with Gasteiger partial charge in [-0.1, -0.05) is 12.1 Å². The molecule has 1 heterocycles. The molecule has 0 unspecified atom stereocenters. The molecule has 1 aromatic heterocycles. The molecule has 0 aliphatic heterocycles. The molecule has 0 atom stereocenters. The van der Waals surface area contributed by atoms with Crippen molar-refractivity contribution >= 4 is 11.3 Å². The summed E-state index contributed by atoms with van der Waals surface area (Å²) in [4.78, 5) is 7.87. The molecule has 0 saturated heterocycles. The number of nitrogens with one attached hydrogen (secondary N) is 1. The number of aromatic nitrogens is 1. The van der Waals surface area contributed by atoms with Gasteiger partial charge >= 0.3 is 0 Å². The topological polar surface area (TPSA) is 37.4 Å². The average molecular weight is 305 g/mol. The first-order chi connectivity index (χ1) is 10.2. The second-order valence-corrected chi connectivity index (χ2v) is 6.06. The average Bonchev–Trinajstić information content (AvgIpc) is 2.85. The first-order valence-electron chi connectivity index (χ1n) is 7.13. The lowest BCUT2D eigenvalue weighted by Gasteiger charge is -2.16. The van der Waals surface area contributed by atoms with Crippen LogP contribution < -0.4 is 10.1 Å². The van der Waals surface area contributed by atoms with Crippen LogP contribution in [-0.4, -0.2) is 37.1 Å². The minimum absolute atomic E-state index is 0.692. The van der Waals surface area contributed by atoms with Gasteiger partial charge in [0, 0.05) is 24.5 Å². The standard InChI is InChI=1S/C16H23N3OS/c1-13-16(21-12-18-13)11-19(3)7-8-20-15-6-4-5-14(9-15)10-17-2/h4-6,9,12,17H,7-8,10-11H2,1-3H3. The Morgan fingerprint density at radius 1 is 1.38 bits per heavy atom. The van der Waals surface area contributed by atoms with E-state index in [1.165, 1.54) is 10.4 Å². The van der Waals surface area contributed by atoms with Crippen molar-refractivity contribution in [1.29, 1.82) is 0 Å². The summed E-state index contributed by atoms with van der Waals surface area (Å²) in [5.41, 5.74) is 4.28. The highest BCUT2D eigenvalue weighted by atomic mass is 32.1. The summed E-state index contributed by atoms with van der Waals surface area (Å²) in [6.07, 6.45) is 0. The number of rotatable bonds is 8. The van der Waals surface area contributed by atoms with Crippen molar-refractivity contribution in [2.24, 2.45) is 0 Å². The fourth-order valence-electron chi connectivity index (χ4n) is 2.07. The Hall–Kier alpha value is -1.43. The summed E-state index contributed by atoms with van der Waals surface area (Å²) in [7, 11) is 4.06. The molecule has 2 aromatic rings. The van der Waals surface area contributed by atoms with E-state index < -0.39 is 0 Å². The van der Waals surface area contributed by atoms with E-state index in [1.807, 2.05) is 24.7 Å². The third-order valence-electron chi connectivity index (χ3n) is 3.28. The van der Waals surface area contributed by atoms with Crippen molar-refractivity contribution in [2.75, 3.05) is 27.2 Å². The van der Waals surface area contributed by atoms with Crippen LogP contribution in [-0.2, 0) is 13.1 Å². The van der Waals surface area contributed by atoms with E-state index in [4.69, 9.17) is 4.74 Å². The lowest BCUT2D eigenvalue weighted by Crippen LogP contribution is -2.23. The molecule has 0 saturated carbocycles. The van der Waals surface area contributed by atoms with E-state index in [1.54, 1.807) is 11.3 Å². The summed E-state index contributed by atoms with van der Waals surface area (Å²) in [6, 6.07) is 8.23. The van der Waals surface area contributed by atoms with Gasteiger partial charge in [-0.05, 0) is 38.7 Å². The molecule has 0 fully saturated rings. The number of benzene rings is 1. The minimum atomic E-state index is 0.692. The Balaban J connectivity index is 1.76. The van der Waals surface area contributed by atoms with Gasteiger partial charge in [-0.3, -0.25) is 4.90 Å². The lowest BCUT2D eigenvalue weighted by atomic mass is 10.2. The summed E-state index contributed by atoms with van der Waals surface area (Å²) >= 11 is 1.71. The van der Waals surface area contributed by atoms with Crippen LogP contribution in [0.4, 0.5) is 0 Å². The van der Waals surface area contributed by atoms with Gasteiger partial charge in [0.15, 0.2) is 0 Å². The molecule has 0 aliphatic carbocycles. The summed E-state index contributed by atoms with van der Waals surface area (Å²) in [6.45, 7) is 5.44. The monoisotopic (exact) mass is 305 g/mol. The summed E-state index contributed by atoms with van der Waals surface area (Å²) < 4.78 is 5.83. The van der Waals surface area contributed by atoms with Crippen molar-refractivity contribution in [2.45, 2.75) is 20.0 Å². The predicted octanol–water partition coefficient (Wildman–Crippen LogP) is 2.68. The summed E-state index contributed by atoms with van der Waals surface area (Å²) in [5, 5.41) is 3.15. The van der Waals surface area contributed by atoms with E-state index in [0.29, 0.717) is 6.61 Å². The minimum Gasteiger partial charge on any atom is -0.492 e. The predicted molar refractivity (Wildman–Crippen MR) is 87.9 cm³/mol. The van der Waals surface area contributed by atoms with Gasteiger partial charge in [-0.25, -0.2) is 4.98 Å². The lowest BCUT2D eigenvalue weighted by molar-refractivity contribution is 0.233. The highest BCUT2D eigenvalue weighted by molar-refractivity contribution is 7.09. The first kappa shape index (κ1) is 15.9. The molecule has 1 N–H and O–H groups in total. The second kappa shape index (κ2) is 8.12. The van der Waals surface area contributed by atoms with Gasteiger partial charge in [-0.2, -0.15) is 0 Å². The van der Waals surface area contributed by atoms with Crippen molar-refractivity contribution < 1.29 is 4.74 Å². The molecule has 114 valence electrons. The number of aryl methyl sites for hydroxylation is 1. The third-order valence-corrected chi connectivity index (χ3v) is 4.20. The Morgan fingerprint density at radius 2 is 2.24 bits per heavy atom. The molecule has 0 amide bonds. The molecular weight excluding hydrogens is 282 g/mol. The molecule has 0 radical (unpaired) electrons. The highest BCUT2D eigenvalue weighted by Crippen LogP contribution is 2.15. The number of nitrogens with zero attached hydrogens (tertiary/aromatic N) is 2. The quantitative estimate of drug-likeness (QED) is 0.813. The zero-order valence-corrected chi connectivity index (χ0v) is 13.7. The van der Waals surface area contributed by atoms with Gasteiger partial charge in [0.1, 0.15) is 12.4 Å². The molecule has 0 bridgehead atoms. The van der Waals surface area contributed by atoms with Crippen LogP contribution in [0.3, 0.4) is 0 Å². The number of ether oxygens (including phenoxy) is 1. The van der Waals surface area contributed by atoms with Crippen LogP contribution in [0, 0.1) is 6.92 Å². The van der Waals surface area contributed by atoms with Gasteiger partial charge in [0.2, 0.25) is 0 Å². The van der Waals surface area contributed by atoms with Crippen LogP contribution in [0.2, 0.25) is 0 Å². The molecule has 1 aromatic carbocycles. The third kappa shape index (κ3) is 5.12. The van der Waals surface area contributed by atoms with E-state index in [2.05, 4.69) is 41.3 Å². The van der Waals surface area contributed by atoms with Crippen LogP contribution >= 0.6 is 11.3 Å². The van der Waals surface area contributed by atoms with Crippen molar-refractivity contribution in [1.82, 2.24) is 15.2 Å². The Labute approximate surface area is 130 Å². The SMILES string of the molecule is CNCc1cccc(OCCN(C)Cc2scnc2C)c1. The summed E-state index contributed by atoms with van der Waals surface area (Å²) in [5.74, 6) is 0.935. The highest BCUT2D eigenvalue weighted by Gasteiger charge is 2.06. The van der Waals surface area contributed by atoms with Gasteiger partial charge in [0.05, 0.1) is 11.2 Å². The molecular formula is C16H23N3OS. The molecule has 21 heavy (non-hydrogen) atoms. The van der Waals surface area contributed by atoms with Crippen LogP contribution in [0.1, 0.15) is 16.1 Å². The van der Waals surface area contributed by atoms with Crippen LogP contribution in [0.5, 0.6) is 5.75 Å². The number of thiazole rings is 1. The maximum absolute atomic E-state index is 5.83. The first-order valence-corrected chi connectivity index (χ1v) is 8.01. The number of hydrogen-bond donors (Lipinski definition) is 1. The Morgan fingerprint density at radius 3 is 2.95 bits per heavy atom. The van der Waals surface area contributed by atoms with Gasteiger partial charge in [-0.15, -0.1) is 11.3 Å².